The summed E-state index contributed by atoms with van der Waals surface area (Å²) < 4.78 is 6.80. The minimum Gasteiger partial charge on any atom is -0.480 e. The summed E-state index contributed by atoms with van der Waals surface area (Å²) in [6, 6.07) is 14.4. The van der Waals surface area contributed by atoms with Gasteiger partial charge in [-0.05, 0) is 91.2 Å². The number of rotatable bonds is 9. The van der Waals surface area contributed by atoms with Crippen LogP contribution in [0.3, 0.4) is 0 Å². The van der Waals surface area contributed by atoms with Crippen molar-refractivity contribution in [2.45, 2.75) is 55.6 Å². The molecule has 41 heavy (non-hydrogen) atoms. The molecule has 2 N–H and O–H groups in total. The molecule has 3 aromatic rings. The number of hydrogen-bond donors (Lipinski definition) is 2. The first-order chi connectivity index (χ1) is 19.9. The number of nitrogens with zero attached hydrogens (tertiary/aromatic N) is 6. The van der Waals surface area contributed by atoms with Crippen molar-refractivity contribution in [1.29, 1.82) is 0 Å². The Morgan fingerprint density at radius 1 is 0.951 bits per heavy atom. The predicted molar refractivity (Wildman–Crippen MR) is 152 cm³/mol. The van der Waals surface area contributed by atoms with Crippen LogP contribution < -0.4 is 10.1 Å². The largest absolute Gasteiger partial charge is 0.480 e. The average molecular weight is 580 g/mol. The van der Waals surface area contributed by atoms with Crippen LogP contribution in [-0.4, -0.2) is 84.5 Å². The molecule has 2 aliphatic rings. The highest BCUT2D eigenvalue weighted by Gasteiger charge is 2.26. The van der Waals surface area contributed by atoms with Gasteiger partial charge in [-0.3, -0.25) is 14.5 Å². The number of aliphatic carboxylic acids is 1. The van der Waals surface area contributed by atoms with E-state index in [2.05, 4.69) is 25.7 Å². The molecule has 0 saturated carbocycles. The maximum Gasteiger partial charge on any atom is 0.415 e. The zero-order valence-electron chi connectivity index (χ0n) is 22.6. The number of likely N-dealkylation sites (tertiary alicyclic amines) is 2. The molecule has 0 unspecified atom stereocenters. The molecule has 3 heterocycles. The van der Waals surface area contributed by atoms with Gasteiger partial charge in [0.25, 0.3) is 5.91 Å². The normalized spacial score (nSPS) is 16.3. The van der Waals surface area contributed by atoms with E-state index in [1.165, 1.54) is 41.3 Å². The molecule has 2 aliphatic heterocycles. The van der Waals surface area contributed by atoms with Crippen LogP contribution in [0, 0.1) is 0 Å². The zero-order valence-corrected chi connectivity index (χ0v) is 23.5. The van der Waals surface area contributed by atoms with Gasteiger partial charge in [-0.1, -0.05) is 30.3 Å². The van der Waals surface area contributed by atoms with Crippen molar-refractivity contribution in [3.63, 3.8) is 0 Å². The van der Waals surface area contributed by atoms with Crippen LogP contribution in [0.25, 0.3) is 0 Å². The van der Waals surface area contributed by atoms with E-state index in [1.54, 1.807) is 29.2 Å². The van der Waals surface area contributed by atoms with E-state index in [9.17, 15) is 14.4 Å². The number of carboxylic acid groups (broad SMARTS) is 1. The summed E-state index contributed by atoms with van der Waals surface area (Å²) in [6.45, 7) is 3.88. The van der Waals surface area contributed by atoms with Crippen molar-refractivity contribution < 1.29 is 24.2 Å². The van der Waals surface area contributed by atoms with E-state index < -0.39 is 12.1 Å². The minimum atomic E-state index is -1.01. The Morgan fingerprint density at radius 2 is 1.66 bits per heavy atom. The van der Waals surface area contributed by atoms with Crippen LogP contribution in [0.15, 0.2) is 53.7 Å². The number of thioether (sulfide) groups is 1. The quantitative estimate of drug-likeness (QED) is 0.385. The topological polar surface area (TPSA) is 143 Å². The molecule has 5 rings (SSSR count). The average Bonchev–Trinajstić information content (AvgIpc) is 3.41. The molecule has 13 heteroatoms. The van der Waals surface area contributed by atoms with E-state index in [-0.39, 0.29) is 17.7 Å². The lowest BCUT2D eigenvalue weighted by Gasteiger charge is -2.30. The van der Waals surface area contributed by atoms with Crippen molar-refractivity contribution in [3.8, 4) is 5.75 Å². The summed E-state index contributed by atoms with van der Waals surface area (Å²) in [5.74, 6) is -0.822. The maximum absolute atomic E-state index is 12.7. The van der Waals surface area contributed by atoms with Crippen LogP contribution >= 0.6 is 11.8 Å². The highest BCUT2D eigenvalue weighted by Crippen LogP contribution is 2.29. The number of ether oxygens (including phenoxy) is 1. The van der Waals surface area contributed by atoms with Gasteiger partial charge in [-0.25, -0.2) is 9.48 Å². The molecular weight excluding hydrogens is 546 g/mol. The molecule has 0 aliphatic carbocycles. The van der Waals surface area contributed by atoms with Crippen molar-refractivity contribution in [2.75, 3.05) is 31.5 Å². The van der Waals surface area contributed by atoms with Crippen molar-refractivity contribution in [2.24, 2.45) is 0 Å². The fourth-order valence-corrected chi connectivity index (χ4v) is 5.98. The van der Waals surface area contributed by atoms with Crippen molar-refractivity contribution in [1.82, 2.24) is 30.0 Å². The number of carbonyl (C=O) groups excluding carboxylic acids is 2. The monoisotopic (exact) mass is 579 g/mol. The Hall–Kier alpha value is -3.97. The number of benzene rings is 2. The number of tetrazole rings is 1. The molecular formula is C28H33N7O5S. The second-order valence-corrected chi connectivity index (χ2v) is 11.5. The summed E-state index contributed by atoms with van der Waals surface area (Å²) in [7, 11) is 0. The first kappa shape index (κ1) is 28.6. The number of anilines is 1. The number of nitrogens with one attached hydrogen (secondary N) is 1. The third-order valence-electron chi connectivity index (χ3n) is 7.14. The molecule has 0 spiro atoms. The van der Waals surface area contributed by atoms with Crippen molar-refractivity contribution >= 4 is 35.4 Å². The van der Waals surface area contributed by atoms with E-state index in [0.717, 1.165) is 19.6 Å². The summed E-state index contributed by atoms with van der Waals surface area (Å²) in [5.41, 5.74) is 2.40. The molecule has 2 aromatic carbocycles. The smallest absolute Gasteiger partial charge is 0.415 e. The van der Waals surface area contributed by atoms with Crippen LogP contribution in [0.5, 0.6) is 5.75 Å². The van der Waals surface area contributed by atoms with E-state index in [4.69, 9.17) is 9.84 Å². The summed E-state index contributed by atoms with van der Waals surface area (Å²) in [6.07, 6.45) is 4.76. The Balaban J connectivity index is 1.06. The number of aromatic nitrogens is 4. The second-order valence-electron chi connectivity index (χ2n) is 10.2. The fourth-order valence-electron chi connectivity index (χ4n) is 4.93. The van der Waals surface area contributed by atoms with Gasteiger partial charge in [0.2, 0.25) is 5.16 Å². The van der Waals surface area contributed by atoms with Crippen LogP contribution in [0.1, 0.15) is 48.0 Å². The summed E-state index contributed by atoms with van der Waals surface area (Å²) in [5, 5.41) is 23.7. The van der Waals surface area contributed by atoms with Crippen LogP contribution in [-0.2, 0) is 17.9 Å². The van der Waals surface area contributed by atoms with Gasteiger partial charge in [-0.2, -0.15) is 0 Å². The molecule has 2 fully saturated rings. The Labute approximate surface area is 242 Å². The van der Waals surface area contributed by atoms with Gasteiger partial charge in [0.05, 0.1) is 0 Å². The lowest BCUT2D eigenvalue weighted by molar-refractivity contribution is -0.138. The molecule has 0 radical (unpaired) electrons. The van der Waals surface area contributed by atoms with Crippen LogP contribution in [0.4, 0.5) is 10.5 Å². The molecule has 0 atom stereocenters. The number of carbonyl (C=O) groups is 3. The van der Waals surface area contributed by atoms with Crippen LogP contribution in [0.2, 0.25) is 0 Å². The lowest BCUT2D eigenvalue weighted by Crippen LogP contribution is -2.41. The summed E-state index contributed by atoms with van der Waals surface area (Å²) in [4.78, 5) is 40.5. The van der Waals surface area contributed by atoms with Gasteiger partial charge < -0.3 is 20.1 Å². The third-order valence-corrected chi connectivity index (χ3v) is 8.45. The zero-order chi connectivity index (χ0) is 28.6. The highest BCUT2D eigenvalue weighted by molar-refractivity contribution is 7.99. The van der Waals surface area contributed by atoms with Crippen molar-refractivity contribution in [3.05, 3.63) is 59.7 Å². The van der Waals surface area contributed by atoms with E-state index in [0.29, 0.717) is 48.1 Å². The fraction of sp³-hybridized carbons (Fsp3) is 0.429. The van der Waals surface area contributed by atoms with E-state index in [1.807, 2.05) is 24.3 Å². The SMILES string of the molecule is O=C(O)Cn1nnnc1SC1CCN(C(=O)Oc2ccc(NC(=O)c3ccc(CN4CCCCC4)cc3)cc2)CC1. The maximum atomic E-state index is 12.7. The molecule has 1 aromatic heterocycles. The molecule has 12 nitrogen and oxygen atoms in total. The first-order valence-corrected chi connectivity index (χ1v) is 14.6. The summed E-state index contributed by atoms with van der Waals surface area (Å²) >= 11 is 1.42. The van der Waals surface area contributed by atoms with Gasteiger partial charge in [-0.15, -0.1) is 5.10 Å². The number of amides is 2. The van der Waals surface area contributed by atoms with E-state index >= 15 is 0 Å². The van der Waals surface area contributed by atoms with Gasteiger partial charge >= 0.3 is 12.1 Å². The van der Waals surface area contributed by atoms with Gasteiger partial charge in [0.1, 0.15) is 12.3 Å². The third kappa shape index (κ3) is 8.04. The molecule has 216 valence electrons. The Morgan fingerprint density at radius 3 is 2.34 bits per heavy atom. The lowest BCUT2D eigenvalue weighted by atomic mass is 10.1. The standard InChI is InChI=1S/C28H33N7O5S/c36-25(37)19-35-27(30-31-32-35)41-24-12-16-34(17-13-24)28(39)40-23-10-8-22(9-11-23)29-26(38)21-6-4-20(5-7-21)18-33-14-2-1-3-15-33/h4-11,24H,1-3,12-19H2,(H,29,38)(H,36,37). The minimum absolute atomic E-state index is 0.159. The number of carboxylic acids is 1. The van der Waals surface area contributed by atoms with Gasteiger partial charge in [0, 0.05) is 36.1 Å². The Kier molecular flexibility index (Phi) is 9.47. The molecule has 2 saturated heterocycles. The Bertz CT molecular complexity index is 1330. The van der Waals surface area contributed by atoms with Gasteiger partial charge in [0.15, 0.2) is 0 Å². The number of piperidine rings is 2. The highest BCUT2D eigenvalue weighted by atomic mass is 32.2. The predicted octanol–water partition coefficient (Wildman–Crippen LogP) is 3.75. The number of hydrogen-bond acceptors (Lipinski definition) is 9. The molecule has 0 bridgehead atoms. The molecule has 2 amide bonds. The first-order valence-electron chi connectivity index (χ1n) is 13.8. The second kappa shape index (κ2) is 13.6.